The second kappa shape index (κ2) is 8.30. The minimum atomic E-state index is -0.436. The van der Waals surface area contributed by atoms with Crippen LogP contribution < -0.4 is 5.32 Å². The summed E-state index contributed by atoms with van der Waals surface area (Å²) in [6.07, 6.45) is 0. The van der Waals surface area contributed by atoms with Crippen molar-refractivity contribution in [1.82, 2.24) is 14.8 Å². The molecule has 0 bridgehead atoms. The van der Waals surface area contributed by atoms with Crippen molar-refractivity contribution >= 4 is 34.8 Å². The summed E-state index contributed by atoms with van der Waals surface area (Å²) < 4.78 is 1.70. The normalized spacial score (nSPS) is 10.8. The number of benzene rings is 3. The third-order valence-electron chi connectivity index (χ3n) is 4.61. The molecule has 0 radical (unpaired) electrons. The highest BCUT2D eigenvalue weighted by atomic mass is 35.5. The maximum Gasteiger partial charge on any atom is 0.295 e. The second-order valence-electron chi connectivity index (χ2n) is 6.91. The molecule has 1 amide bonds. The highest BCUT2D eigenvalue weighted by Gasteiger charge is 2.20. The van der Waals surface area contributed by atoms with Crippen LogP contribution in [0.1, 0.15) is 21.7 Å². The van der Waals surface area contributed by atoms with E-state index in [4.69, 9.17) is 23.2 Å². The van der Waals surface area contributed by atoms with Crippen LogP contribution in [0.2, 0.25) is 10.0 Å². The van der Waals surface area contributed by atoms with E-state index >= 15 is 0 Å². The summed E-state index contributed by atoms with van der Waals surface area (Å²) in [7, 11) is 0. The fourth-order valence-corrected chi connectivity index (χ4v) is 3.41. The number of carbonyl (C=O) groups is 1. The lowest BCUT2D eigenvalue weighted by atomic mass is 10.1. The molecule has 0 spiro atoms. The van der Waals surface area contributed by atoms with Crippen LogP contribution in [0, 0.1) is 13.8 Å². The summed E-state index contributed by atoms with van der Waals surface area (Å²) in [5, 5.41) is 8.06. The summed E-state index contributed by atoms with van der Waals surface area (Å²) in [4.78, 5) is 17.4. The number of aryl methyl sites for hydroxylation is 2. The Labute approximate surface area is 184 Å². The Morgan fingerprint density at radius 2 is 1.73 bits per heavy atom. The molecule has 0 atom stereocenters. The first-order valence-electron chi connectivity index (χ1n) is 9.29. The molecular weight excluding hydrogens is 419 g/mol. The number of aromatic nitrogens is 3. The zero-order valence-electron chi connectivity index (χ0n) is 16.4. The van der Waals surface area contributed by atoms with Crippen molar-refractivity contribution in [3.05, 3.63) is 93.7 Å². The fraction of sp³-hybridized carbons (Fsp3) is 0.0870. The largest absolute Gasteiger partial charge is 0.319 e. The zero-order valence-corrected chi connectivity index (χ0v) is 17.9. The van der Waals surface area contributed by atoms with Gasteiger partial charge in [0.1, 0.15) is 0 Å². The highest BCUT2D eigenvalue weighted by molar-refractivity contribution is 6.42. The third kappa shape index (κ3) is 4.08. The molecule has 0 saturated heterocycles. The van der Waals surface area contributed by atoms with Crippen LogP contribution in [-0.2, 0) is 0 Å². The molecule has 1 heterocycles. The first-order chi connectivity index (χ1) is 14.4. The summed E-state index contributed by atoms with van der Waals surface area (Å²) in [6.45, 7) is 4.00. The molecule has 0 saturated carbocycles. The summed E-state index contributed by atoms with van der Waals surface area (Å²) in [5.41, 5.74) is 4.36. The number of anilines is 1. The molecular formula is C23H18Cl2N4O. The van der Waals surface area contributed by atoms with Crippen molar-refractivity contribution < 1.29 is 4.79 Å². The first kappa shape index (κ1) is 20.1. The van der Waals surface area contributed by atoms with Crippen LogP contribution in [0.3, 0.4) is 0 Å². The number of carbonyl (C=O) groups excluding carboxylic acids is 1. The molecule has 0 aliphatic heterocycles. The summed E-state index contributed by atoms with van der Waals surface area (Å²) in [6, 6.07) is 20.6. The van der Waals surface area contributed by atoms with Crippen LogP contribution in [0.4, 0.5) is 5.69 Å². The Hall–Kier alpha value is -3.15. The number of amides is 1. The van der Waals surface area contributed by atoms with E-state index in [9.17, 15) is 4.79 Å². The van der Waals surface area contributed by atoms with Crippen LogP contribution >= 0.6 is 23.2 Å². The van der Waals surface area contributed by atoms with Gasteiger partial charge in [0.15, 0.2) is 5.82 Å². The van der Waals surface area contributed by atoms with Gasteiger partial charge in [0.05, 0.1) is 15.7 Å². The maximum atomic E-state index is 12.9. The average Bonchev–Trinajstić information content (AvgIpc) is 3.16. The Kier molecular flexibility index (Phi) is 5.57. The number of rotatable bonds is 4. The molecule has 1 N–H and O–H groups in total. The molecule has 150 valence electrons. The Bertz CT molecular complexity index is 1250. The van der Waals surface area contributed by atoms with Crippen molar-refractivity contribution in [2.75, 3.05) is 5.32 Å². The monoisotopic (exact) mass is 436 g/mol. The molecule has 7 heteroatoms. The van der Waals surface area contributed by atoms with E-state index < -0.39 is 5.91 Å². The van der Waals surface area contributed by atoms with Gasteiger partial charge >= 0.3 is 0 Å². The molecule has 30 heavy (non-hydrogen) atoms. The van der Waals surface area contributed by atoms with Gasteiger partial charge < -0.3 is 5.32 Å². The molecule has 0 aliphatic rings. The maximum absolute atomic E-state index is 12.9. The van der Waals surface area contributed by atoms with Gasteiger partial charge in [-0.25, -0.2) is 9.67 Å². The lowest BCUT2D eigenvalue weighted by molar-refractivity contribution is 0.101. The molecule has 0 unspecified atom stereocenters. The van der Waals surface area contributed by atoms with Crippen LogP contribution in [0.15, 0.2) is 66.7 Å². The molecule has 0 fully saturated rings. The van der Waals surface area contributed by atoms with Crippen molar-refractivity contribution in [2.45, 2.75) is 13.8 Å². The predicted octanol–water partition coefficient (Wildman–Crippen LogP) is 6.11. The lowest BCUT2D eigenvalue weighted by Crippen LogP contribution is -2.14. The van der Waals surface area contributed by atoms with E-state index in [1.54, 1.807) is 22.9 Å². The van der Waals surface area contributed by atoms with Gasteiger partial charge in [-0.3, -0.25) is 4.79 Å². The minimum absolute atomic E-state index is 0.0563. The average molecular weight is 437 g/mol. The number of nitrogens with one attached hydrogen (secondary N) is 1. The minimum Gasteiger partial charge on any atom is -0.319 e. The third-order valence-corrected chi connectivity index (χ3v) is 5.35. The summed E-state index contributed by atoms with van der Waals surface area (Å²) in [5.74, 6) is 0.211. The predicted molar refractivity (Wildman–Crippen MR) is 121 cm³/mol. The fourth-order valence-electron chi connectivity index (χ4n) is 3.11. The van der Waals surface area contributed by atoms with Crippen molar-refractivity contribution in [1.29, 1.82) is 0 Å². The van der Waals surface area contributed by atoms with Gasteiger partial charge in [0, 0.05) is 11.3 Å². The van der Waals surface area contributed by atoms with Crippen molar-refractivity contribution in [3.8, 4) is 17.1 Å². The highest BCUT2D eigenvalue weighted by Crippen LogP contribution is 2.26. The van der Waals surface area contributed by atoms with E-state index in [-0.39, 0.29) is 5.82 Å². The molecule has 5 nitrogen and oxygen atoms in total. The molecule has 4 aromatic rings. The topological polar surface area (TPSA) is 59.8 Å². The standard InChI is InChI=1S/C23H18Cl2N4O/c1-14-6-5-8-16(12-14)22-27-21(28-29(22)20-9-4-3-7-15(20)2)23(30)26-17-10-11-18(24)19(25)13-17/h3-13H,1-2H3,(H,26,30). The zero-order chi connectivity index (χ0) is 21.3. The van der Waals surface area contributed by atoms with Gasteiger partial charge in [-0.05, 0) is 49.7 Å². The van der Waals surface area contributed by atoms with Gasteiger partial charge in [0.2, 0.25) is 5.82 Å². The van der Waals surface area contributed by atoms with Gasteiger partial charge in [-0.1, -0.05) is 65.2 Å². The van der Waals surface area contributed by atoms with E-state index in [2.05, 4.69) is 15.4 Å². The van der Waals surface area contributed by atoms with E-state index in [0.29, 0.717) is 21.6 Å². The van der Waals surface area contributed by atoms with Crippen molar-refractivity contribution in [2.24, 2.45) is 0 Å². The number of halogens is 2. The lowest BCUT2D eigenvalue weighted by Gasteiger charge is -2.09. The number of hydrogen-bond acceptors (Lipinski definition) is 3. The van der Waals surface area contributed by atoms with Gasteiger partial charge in [-0.15, -0.1) is 5.10 Å². The van der Waals surface area contributed by atoms with Crippen molar-refractivity contribution in [3.63, 3.8) is 0 Å². The molecule has 4 rings (SSSR count). The first-order valence-corrected chi connectivity index (χ1v) is 10.0. The number of hydrogen-bond donors (Lipinski definition) is 1. The Balaban J connectivity index is 1.77. The Morgan fingerprint density at radius 3 is 2.47 bits per heavy atom. The van der Waals surface area contributed by atoms with Crippen LogP contribution in [0.25, 0.3) is 17.1 Å². The van der Waals surface area contributed by atoms with Gasteiger partial charge in [0.25, 0.3) is 5.91 Å². The number of nitrogens with zero attached hydrogens (tertiary/aromatic N) is 3. The smallest absolute Gasteiger partial charge is 0.295 e. The SMILES string of the molecule is Cc1cccc(-c2nc(C(=O)Nc3ccc(Cl)c(Cl)c3)nn2-c2ccccc2C)c1. The van der Waals surface area contributed by atoms with Gasteiger partial charge in [-0.2, -0.15) is 0 Å². The molecule has 3 aromatic carbocycles. The van der Waals surface area contributed by atoms with Crippen LogP contribution in [0.5, 0.6) is 0 Å². The Morgan fingerprint density at radius 1 is 0.933 bits per heavy atom. The second-order valence-corrected chi connectivity index (χ2v) is 7.72. The van der Waals surface area contributed by atoms with E-state index in [1.807, 2.05) is 62.4 Å². The molecule has 1 aromatic heterocycles. The quantitative estimate of drug-likeness (QED) is 0.419. The van der Waals surface area contributed by atoms with E-state index in [1.165, 1.54) is 0 Å². The molecule has 0 aliphatic carbocycles. The summed E-state index contributed by atoms with van der Waals surface area (Å²) >= 11 is 12.0. The van der Waals surface area contributed by atoms with Crippen LogP contribution in [-0.4, -0.2) is 20.7 Å². The van der Waals surface area contributed by atoms with E-state index in [0.717, 1.165) is 22.4 Å². The number of para-hydroxylation sites is 1.